The first-order chi connectivity index (χ1) is 11.8. The highest BCUT2D eigenvalue weighted by Gasteiger charge is 2.38. The van der Waals surface area contributed by atoms with Crippen LogP contribution in [0.3, 0.4) is 0 Å². The zero-order valence-corrected chi connectivity index (χ0v) is 15.4. The molecule has 0 saturated carbocycles. The Balaban J connectivity index is 1.84. The Morgan fingerprint density at radius 3 is 2.04 bits per heavy atom. The van der Waals surface area contributed by atoms with E-state index in [1.807, 2.05) is 19.9 Å². The van der Waals surface area contributed by atoms with Gasteiger partial charge in [0.25, 0.3) is 11.8 Å². The minimum atomic E-state index is -0.371. The molecule has 25 heavy (non-hydrogen) atoms. The van der Waals surface area contributed by atoms with Crippen LogP contribution in [0.2, 0.25) is 0 Å². The van der Waals surface area contributed by atoms with Crippen molar-refractivity contribution < 1.29 is 9.59 Å². The van der Waals surface area contributed by atoms with Crippen LogP contribution in [0.1, 0.15) is 37.4 Å². The van der Waals surface area contributed by atoms with Gasteiger partial charge in [0, 0.05) is 12.7 Å². The number of hydrogen-bond donors (Lipinski definition) is 1. The first-order valence-electron chi connectivity index (χ1n) is 7.91. The molecular formula is C19H19N3O2S. The Hall–Kier alpha value is -2.73. The molecule has 0 saturated heterocycles. The van der Waals surface area contributed by atoms with Crippen LogP contribution in [0.5, 0.6) is 0 Å². The molecule has 0 fully saturated rings. The summed E-state index contributed by atoms with van der Waals surface area (Å²) in [5.41, 5.74) is 5.02. The number of benzene rings is 2. The van der Waals surface area contributed by atoms with E-state index in [0.29, 0.717) is 11.1 Å². The molecule has 128 valence electrons. The van der Waals surface area contributed by atoms with Gasteiger partial charge in [-0.15, -0.1) is 0 Å². The molecule has 2 aromatic rings. The third kappa shape index (κ3) is 2.89. The Morgan fingerprint density at radius 2 is 1.48 bits per heavy atom. The van der Waals surface area contributed by atoms with Crippen LogP contribution in [-0.2, 0) is 0 Å². The first kappa shape index (κ1) is 17.1. The summed E-state index contributed by atoms with van der Waals surface area (Å²) in [6, 6.07) is 10.8. The van der Waals surface area contributed by atoms with Crippen molar-refractivity contribution in [3.8, 4) is 0 Å². The SMILES string of the molecule is Cc1cc(C)c(NC(=S)N(C)N2C(=O)c3ccccc3C2=O)cc1C. The Labute approximate surface area is 152 Å². The molecule has 3 rings (SSSR count). The minimum absolute atomic E-state index is 0.279. The Kier molecular flexibility index (Phi) is 4.30. The average molecular weight is 353 g/mol. The number of imide groups is 1. The van der Waals surface area contributed by atoms with Crippen molar-refractivity contribution in [3.05, 3.63) is 64.2 Å². The van der Waals surface area contributed by atoms with Gasteiger partial charge in [0.2, 0.25) is 0 Å². The van der Waals surface area contributed by atoms with Gasteiger partial charge in [0.15, 0.2) is 5.11 Å². The number of anilines is 1. The minimum Gasteiger partial charge on any atom is -0.331 e. The summed E-state index contributed by atoms with van der Waals surface area (Å²) in [6.07, 6.45) is 0. The highest BCUT2D eigenvalue weighted by molar-refractivity contribution is 7.80. The molecule has 2 amide bonds. The van der Waals surface area contributed by atoms with Gasteiger partial charge in [-0.2, -0.15) is 5.01 Å². The smallest absolute Gasteiger partial charge is 0.280 e. The van der Waals surface area contributed by atoms with Gasteiger partial charge in [-0.3, -0.25) is 14.6 Å². The molecule has 0 unspecified atom stereocenters. The van der Waals surface area contributed by atoms with Crippen LogP contribution in [0, 0.1) is 20.8 Å². The van der Waals surface area contributed by atoms with Gasteiger partial charge >= 0.3 is 0 Å². The van der Waals surface area contributed by atoms with Crippen LogP contribution in [0.4, 0.5) is 5.69 Å². The molecule has 2 aromatic carbocycles. The van der Waals surface area contributed by atoms with Crippen LogP contribution >= 0.6 is 12.2 Å². The molecule has 1 aliphatic heterocycles. The maximum Gasteiger partial charge on any atom is 0.280 e. The van der Waals surface area contributed by atoms with Gasteiger partial charge in [-0.05, 0) is 67.9 Å². The van der Waals surface area contributed by atoms with Crippen molar-refractivity contribution in [1.29, 1.82) is 0 Å². The number of aryl methyl sites for hydroxylation is 3. The lowest BCUT2D eigenvalue weighted by Crippen LogP contribution is -2.48. The van der Waals surface area contributed by atoms with Crippen molar-refractivity contribution in [2.24, 2.45) is 0 Å². The Morgan fingerprint density at radius 1 is 0.960 bits per heavy atom. The molecule has 0 aromatic heterocycles. The zero-order valence-electron chi connectivity index (χ0n) is 14.6. The summed E-state index contributed by atoms with van der Waals surface area (Å²) in [7, 11) is 1.60. The monoisotopic (exact) mass is 353 g/mol. The third-order valence-corrected chi connectivity index (χ3v) is 4.82. The first-order valence-corrected chi connectivity index (χ1v) is 8.32. The van der Waals surface area contributed by atoms with Crippen LogP contribution < -0.4 is 5.32 Å². The summed E-state index contributed by atoms with van der Waals surface area (Å²) >= 11 is 5.42. The van der Waals surface area contributed by atoms with Crippen molar-refractivity contribution in [3.63, 3.8) is 0 Å². The van der Waals surface area contributed by atoms with E-state index in [1.54, 1.807) is 31.3 Å². The van der Waals surface area contributed by atoms with E-state index >= 15 is 0 Å². The van der Waals surface area contributed by atoms with Crippen LogP contribution in [-0.4, -0.2) is 34.0 Å². The summed E-state index contributed by atoms with van der Waals surface area (Å²) in [6.45, 7) is 6.06. The normalized spacial score (nSPS) is 13.0. The number of fused-ring (bicyclic) bond motifs is 1. The third-order valence-electron chi connectivity index (χ3n) is 4.45. The quantitative estimate of drug-likeness (QED) is 0.662. The number of carbonyl (C=O) groups excluding carboxylic acids is 2. The standard InChI is InChI=1S/C19H19N3O2S/c1-11-9-13(3)16(10-12(11)2)20-19(25)21(4)22-17(23)14-7-5-6-8-15(14)18(22)24/h5-10H,1-4H3,(H,20,25). The number of rotatable bonds is 2. The molecule has 0 spiro atoms. The Bertz CT molecular complexity index is 873. The maximum atomic E-state index is 12.5. The lowest BCUT2D eigenvalue weighted by Gasteiger charge is -2.28. The van der Waals surface area contributed by atoms with Gasteiger partial charge in [0.05, 0.1) is 11.1 Å². The molecule has 6 heteroatoms. The highest BCUT2D eigenvalue weighted by Crippen LogP contribution is 2.25. The maximum absolute atomic E-state index is 12.5. The number of nitrogens with zero attached hydrogens (tertiary/aromatic N) is 2. The molecule has 0 aliphatic carbocycles. The number of amides is 2. The number of hydrazine groups is 1. The van der Waals surface area contributed by atoms with Gasteiger partial charge < -0.3 is 5.32 Å². The van der Waals surface area contributed by atoms with Crippen molar-refractivity contribution >= 4 is 34.8 Å². The predicted octanol–water partition coefficient (Wildman–Crippen LogP) is 3.45. The topological polar surface area (TPSA) is 52.6 Å². The lowest BCUT2D eigenvalue weighted by atomic mass is 10.1. The largest absolute Gasteiger partial charge is 0.331 e. The van der Waals surface area contributed by atoms with E-state index in [1.165, 1.54) is 10.6 Å². The fraction of sp³-hybridized carbons (Fsp3) is 0.211. The molecule has 0 atom stereocenters. The summed E-state index contributed by atoms with van der Waals surface area (Å²) in [5, 5.41) is 5.86. The summed E-state index contributed by atoms with van der Waals surface area (Å²) < 4.78 is 0. The second kappa shape index (κ2) is 6.29. The van der Waals surface area contributed by atoms with E-state index in [9.17, 15) is 9.59 Å². The number of thiocarbonyl (C=S) groups is 1. The van der Waals surface area contributed by atoms with Crippen LogP contribution in [0.25, 0.3) is 0 Å². The van der Waals surface area contributed by atoms with Crippen LogP contribution in [0.15, 0.2) is 36.4 Å². The molecule has 1 heterocycles. The van der Waals surface area contributed by atoms with E-state index in [0.717, 1.165) is 21.8 Å². The van der Waals surface area contributed by atoms with Gasteiger partial charge in [0.1, 0.15) is 0 Å². The van der Waals surface area contributed by atoms with E-state index in [2.05, 4.69) is 18.3 Å². The second-order valence-corrected chi connectivity index (χ2v) is 6.56. The van der Waals surface area contributed by atoms with Crippen molar-refractivity contribution in [1.82, 2.24) is 10.0 Å². The number of carbonyl (C=O) groups is 2. The molecule has 0 bridgehead atoms. The molecule has 0 radical (unpaired) electrons. The van der Waals surface area contributed by atoms with Crippen molar-refractivity contribution in [2.45, 2.75) is 20.8 Å². The zero-order chi connectivity index (χ0) is 18.3. The predicted molar refractivity (Wildman–Crippen MR) is 102 cm³/mol. The van der Waals surface area contributed by atoms with Gasteiger partial charge in [-0.25, -0.2) is 0 Å². The number of nitrogens with one attached hydrogen (secondary N) is 1. The molecule has 1 N–H and O–H groups in total. The van der Waals surface area contributed by atoms with Gasteiger partial charge in [-0.1, -0.05) is 18.2 Å². The average Bonchev–Trinajstić information content (AvgIpc) is 2.83. The van der Waals surface area contributed by atoms with E-state index in [4.69, 9.17) is 12.2 Å². The lowest BCUT2D eigenvalue weighted by molar-refractivity contribution is 0.0366. The van der Waals surface area contributed by atoms with E-state index in [-0.39, 0.29) is 16.9 Å². The summed E-state index contributed by atoms with van der Waals surface area (Å²) in [4.78, 5) is 25.1. The molecular weight excluding hydrogens is 334 g/mol. The summed E-state index contributed by atoms with van der Waals surface area (Å²) in [5.74, 6) is -0.742. The highest BCUT2D eigenvalue weighted by atomic mass is 32.1. The second-order valence-electron chi connectivity index (χ2n) is 6.17. The number of hydrogen-bond acceptors (Lipinski definition) is 3. The van der Waals surface area contributed by atoms with Crippen molar-refractivity contribution in [2.75, 3.05) is 12.4 Å². The van der Waals surface area contributed by atoms with E-state index < -0.39 is 0 Å². The molecule has 5 nitrogen and oxygen atoms in total. The molecule has 1 aliphatic rings. The fourth-order valence-corrected chi connectivity index (χ4v) is 3.02. The fourth-order valence-electron chi connectivity index (χ4n) is 2.83.